The Bertz CT molecular complexity index is 1560. The van der Waals surface area contributed by atoms with Gasteiger partial charge in [0.05, 0.1) is 16.6 Å². The molecule has 0 bridgehead atoms. The maximum atomic E-state index is 13.7. The normalized spacial score (nSPS) is 11.9. The van der Waals surface area contributed by atoms with Gasteiger partial charge in [0.15, 0.2) is 6.61 Å². The number of aryl methyl sites for hydroxylation is 1. The van der Waals surface area contributed by atoms with Crippen molar-refractivity contribution in [2.24, 2.45) is 0 Å². The quantitative estimate of drug-likeness (QED) is 0.270. The summed E-state index contributed by atoms with van der Waals surface area (Å²) in [4.78, 5) is 25.1. The fourth-order valence-electron chi connectivity index (χ4n) is 3.50. The first-order chi connectivity index (χ1) is 17.8. The second-order valence-electron chi connectivity index (χ2n) is 8.04. The Labute approximate surface area is 210 Å². The van der Waals surface area contributed by atoms with Gasteiger partial charge >= 0.3 is 12.4 Å². The topological polar surface area (TPSA) is 77.8 Å². The highest BCUT2D eigenvalue weighted by atomic mass is 19.4. The largest absolute Gasteiger partial charge is 0.484 e. The summed E-state index contributed by atoms with van der Waals surface area (Å²) in [6, 6.07) is 13.6. The monoisotopic (exact) mass is 537 g/mol. The fraction of sp³-hybridized carbons (Fsp3) is 0.154. The van der Waals surface area contributed by atoms with Crippen LogP contribution in [0.1, 0.15) is 16.9 Å². The number of alkyl halides is 6. The highest BCUT2D eigenvalue weighted by molar-refractivity contribution is 5.92. The average molecular weight is 537 g/mol. The molecule has 12 heteroatoms. The van der Waals surface area contributed by atoms with Gasteiger partial charge < -0.3 is 19.2 Å². The summed E-state index contributed by atoms with van der Waals surface area (Å²) in [5, 5.41) is 1.82. The number of fused-ring (bicyclic) bond motifs is 1. The van der Waals surface area contributed by atoms with Gasteiger partial charge in [-0.3, -0.25) is 9.59 Å². The molecular formula is C26H17F6NO5. The second kappa shape index (κ2) is 10.1. The molecule has 1 heterocycles. The Morgan fingerprint density at radius 2 is 1.63 bits per heavy atom. The summed E-state index contributed by atoms with van der Waals surface area (Å²) in [5.74, 6) is -3.84. The molecule has 1 N–H and O–H groups in total. The van der Waals surface area contributed by atoms with Crippen molar-refractivity contribution in [1.82, 2.24) is 0 Å². The van der Waals surface area contributed by atoms with Crippen LogP contribution >= 0.6 is 0 Å². The highest BCUT2D eigenvalue weighted by Crippen LogP contribution is 2.39. The molecule has 38 heavy (non-hydrogen) atoms. The molecular weight excluding hydrogens is 520 g/mol. The van der Waals surface area contributed by atoms with Crippen molar-refractivity contribution in [3.05, 3.63) is 93.8 Å². The van der Waals surface area contributed by atoms with Gasteiger partial charge in [-0.25, -0.2) is 0 Å². The van der Waals surface area contributed by atoms with Gasteiger partial charge in [-0.05, 0) is 48.9 Å². The number of hydrogen-bond donors (Lipinski definition) is 1. The van der Waals surface area contributed by atoms with Crippen LogP contribution in [0.2, 0.25) is 0 Å². The molecule has 0 atom stereocenters. The Kier molecular flexibility index (Phi) is 7.07. The van der Waals surface area contributed by atoms with Gasteiger partial charge in [0.2, 0.25) is 11.2 Å². The zero-order valence-electron chi connectivity index (χ0n) is 19.4. The van der Waals surface area contributed by atoms with Crippen molar-refractivity contribution in [3.63, 3.8) is 0 Å². The second-order valence-corrected chi connectivity index (χ2v) is 8.04. The number of benzene rings is 3. The van der Waals surface area contributed by atoms with Crippen molar-refractivity contribution in [2.75, 3.05) is 11.9 Å². The van der Waals surface area contributed by atoms with E-state index in [0.717, 1.165) is 30.3 Å². The zero-order chi connectivity index (χ0) is 27.7. The molecule has 3 aromatic carbocycles. The number of carbonyl (C=O) groups excluding carboxylic acids is 1. The summed E-state index contributed by atoms with van der Waals surface area (Å²) in [7, 11) is 0. The van der Waals surface area contributed by atoms with E-state index < -0.39 is 58.6 Å². The predicted molar refractivity (Wildman–Crippen MR) is 124 cm³/mol. The third-order valence-corrected chi connectivity index (χ3v) is 5.17. The van der Waals surface area contributed by atoms with E-state index in [-0.39, 0.29) is 16.9 Å². The van der Waals surface area contributed by atoms with Crippen LogP contribution in [0.3, 0.4) is 0 Å². The minimum Gasteiger partial charge on any atom is -0.484 e. The molecule has 1 aromatic heterocycles. The van der Waals surface area contributed by atoms with E-state index in [0.29, 0.717) is 5.56 Å². The number of halogens is 6. The van der Waals surface area contributed by atoms with Gasteiger partial charge in [-0.2, -0.15) is 26.3 Å². The van der Waals surface area contributed by atoms with Crippen molar-refractivity contribution < 1.29 is 45.0 Å². The molecule has 198 valence electrons. The lowest BCUT2D eigenvalue weighted by Gasteiger charge is -2.15. The van der Waals surface area contributed by atoms with Crippen molar-refractivity contribution in [1.29, 1.82) is 0 Å². The number of nitrogens with one attached hydrogen (secondary N) is 1. The molecule has 0 radical (unpaired) electrons. The third-order valence-electron chi connectivity index (χ3n) is 5.17. The summed E-state index contributed by atoms with van der Waals surface area (Å²) in [6.45, 7) is 0.917. The smallest absolute Gasteiger partial charge is 0.453 e. The standard InChI is InChI=1S/C26H17F6NO5/c1-14-5-4-6-16(11-14)37-23-22(35)17-10-9-15(12-20(17)38-24(23)26(30,31)32)36-13-21(34)33-19-8-3-2-7-18(19)25(27,28)29/h2-12H,13H2,1H3,(H,33,34). The van der Waals surface area contributed by atoms with E-state index in [2.05, 4.69) is 5.32 Å². The molecule has 0 fully saturated rings. The Balaban J connectivity index is 1.59. The highest BCUT2D eigenvalue weighted by Gasteiger charge is 2.40. The van der Waals surface area contributed by atoms with Crippen LogP contribution < -0.4 is 20.2 Å². The fourth-order valence-corrected chi connectivity index (χ4v) is 3.50. The number of rotatable bonds is 6. The van der Waals surface area contributed by atoms with Crippen LogP contribution in [0.25, 0.3) is 11.0 Å². The first-order valence-corrected chi connectivity index (χ1v) is 10.8. The maximum Gasteiger partial charge on any atom is 0.453 e. The summed E-state index contributed by atoms with van der Waals surface area (Å²) < 4.78 is 96.0. The number of ether oxygens (including phenoxy) is 2. The van der Waals surface area contributed by atoms with Crippen molar-refractivity contribution >= 4 is 22.6 Å². The first kappa shape index (κ1) is 26.6. The van der Waals surface area contributed by atoms with E-state index in [1.54, 1.807) is 19.1 Å². The third kappa shape index (κ3) is 5.90. The summed E-state index contributed by atoms with van der Waals surface area (Å²) in [5.41, 5.74) is -2.46. The maximum absolute atomic E-state index is 13.7. The van der Waals surface area contributed by atoms with E-state index >= 15 is 0 Å². The van der Waals surface area contributed by atoms with Crippen LogP contribution in [-0.2, 0) is 17.1 Å². The van der Waals surface area contributed by atoms with E-state index in [4.69, 9.17) is 13.9 Å². The molecule has 0 aliphatic rings. The lowest BCUT2D eigenvalue weighted by molar-refractivity contribution is -0.154. The van der Waals surface area contributed by atoms with Crippen LogP contribution in [0.15, 0.2) is 75.9 Å². The minimum absolute atomic E-state index is 0.000197. The summed E-state index contributed by atoms with van der Waals surface area (Å²) >= 11 is 0. The van der Waals surface area contributed by atoms with Crippen molar-refractivity contribution in [3.8, 4) is 17.2 Å². The number of hydrogen-bond acceptors (Lipinski definition) is 5. The number of anilines is 1. The lowest BCUT2D eigenvalue weighted by atomic mass is 10.1. The molecule has 1 amide bonds. The molecule has 4 aromatic rings. The molecule has 6 nitrogen and oxygen atoms in total. The van der Waals surface area contributed by atoms with Gasteiger partial charge in [0.25, 0.3) is 11.7 Å². The van der Waals surface area contributed by atoms with Crippen LogP contribution in [0.5, 0.6) is 17.2 Å². The average Bonchev–Trinajstić information content (AvgIpc) is 2.83. The molecule has 0 aliphatic carbocycles. The van der Waals surface area contributed by atoms with Gasteiger partial charge in [-0.15, -0.1) is 0 Å². The number of carbonyl (C=O) groups is 1. The molecule has 0 spiro atoms. The van der Waals surface area contributed by atoms with Gasteiger partial charge in [0, 0.05) is 6.07 Å². The number of amides is 1. The lowest BCUT2D eigenvalue weighted by Crippen LogP contribution is -2.22. The molecule has 0 unspecified atom stereocenters. The SMILES string of the molecule is Cc1cccc(Oc2c(C(F)(F)F)oc3cc(OCC(=O)Nc4ccccc4C(F)(F)F)ccc3c2=O)c1. The zero-order valence-corrected chi connectivity index (χ0v) is 19.4. The van der Waals surface area contributed by atoms with Crippen LogP contribution in [-0.4, -0.2) is 12.5 Å². The summed E-state index contributed by atoms with van der Waals surface area (Å²) in [6.07, 6.45) is -9.80. The van der Waals surface area contributed by atoms with E-state index in [1.807, 2.05) is 0 Å². The van der Waals surface area contributed by atoms with E-state index in [1.165, 1.54) is 24.3 Å². The van der Waals surface area contributed by atoms with Crippen LogP contribution in [0, 0.1) is 6.92 Å². The molecule has 0 aliphatic heterocycles. The molecule has 0 saturated carbocycles. The Morgan fingerprint density at radius 1 is 0.895 bits per heavy atom. The molecule has 0 saturated heterocycles. The van der Waals surface area contributed by atoms with Crippen LogP contribution in [0.4, 0.5) is 32.0 Å². The Hall–Kier alpha value is -4.48. The molecule has 4 rings (SSSR count). The van der Waals surface area contributed by atoms with Gasteiger partial charge in [0.1, 0.15) is 17.1 Å². The van der Waals surface area contributed by atoms with Crippen molar-refractivity contribution in [2.45, 2.75) is 19.3 Å². The minimum atomic E-state index is -5.09. The van der Waals surface area contributed by atoms with E-state index in [9.17, 15) is 35.9 Å². The Morgan fingerprint density at radius 3 is 2.32 bits per heavy atom. The predicted octanol–water partition coefficient (Wildman–Crippen LogP) is 6.95. The van der Waals surface area contributed by atoms with Gasteiger partial charge in [-0.1, -0.05) is 24.3 Å². The number of para-hydroxylation sites is 1. The first-order valence-electron chi connectivity index (χ1n) is 10.8.